The van der Waals surface area contributed by atoms with E-state index in [0.717, 1.165) is 54.6 Å². The van der Waals surface area contributed by atoms with Gasteiger partial charge in [0, 0.05) is 36.1 Å². The zero-order valence-electron chi connectivity index (χ0n) is 47.3. The van der Waals surface area contributed by atoms with Crippen molar-refractivity contribution in [2.45, 2.75) is 87.7 Å². The van der Waals surface area contributed by atoms with Gasteiger partial charge in [-0.25, -0.2) is 26.3 Å². The quantitative estimate of drug-likeness (QED) is 0.0697. The fraction of sp³-hybridized carbons (Fsp3) is 0.219. The molecule has 8 aromatic carbocycles. The van der Waals surface area contributed by atoms with Gasteiger partial charge in [-0.1, -0.05) is 72.8 Å². The largest absolute Gasteiger partial charge is 0.505 e. The molecule has 0 aliphatic carbocycles. The lowest BCUT2D eigenvalue weighted by Gasteiger charge is -2.37. The Kier molecular flexibility index (Phi) is 20.6. The molecule has 92 heavy (non-hydrogen) atoms. The Morgan fingerprint density at radius 1 is 0.424 bits per heavy atom. The molecule has 0 saturated carbocycles. The van der Waals surface area contributed by atoms with Gasteiger partial charge < -0.3 is 30.0 Å². The van der Waals surface area contributed by atoms with Crippen molar-refractivity contribution in [3.63, 3.8) is 0 Å². The van der Waals surface area contributed by atoms with Crippen molar-refractivity contribution in [3.8, 4) is 23.0 Å². The highest BCUT2D eigenvalue weighted by Crippen LogP contribution is 2.43. The number of nitrogens with one attached hydrogen (secondary N) is 2. The van der Waals surface area contributed by atoms with Crippen LogP contribution in [0, 0.1) is 34.9 Å². The molecule has 0 radical (unpaired) electrons. The van der Waals surface area contributed by atoms with Crippen LogP contribution in [0.25, 0.3) is 0 Å². The summed E-state index contributed by atoms with van der Waals surface area (Å²) in [5, 5.41) is 15.1. The van der Waals surface area contributed by atoms with Gasteiger partial charge in [0.05, 0.1) is 22.2 Å². The van der Waals surface area contributed by atoms with Gasteiger partial charge in [0.1, 0.15) is 40.4 Å². The number of carbonyl (C=O) groups excluding carboxylic acids is 2. The molecule has 0 spiro atoms. The molecule has 0 fully saturated rings. The molecule has 8 rings (SSSR count). The van der Waals surface area contributed by atoms with Crippen LogP contribution in [-0.2, 0) is 36.3 Å². The van der Waals surface area contributed by atoms with Crippen LogP contribution in [0.2, 0.25) is 0 Å². The molecule has 0 unspecified atom stereocenters. The second kappa shape index (κ2) is 27.1. The van der Waals surface area contributed by atoms with Crippen LogP contribution in [0.4, 0.5) is 87.8 Å². The molecule has 3 N–H and O–H groups in total. The first-order valence-electron chi connectivity index (χ1n) is 26.5. The van der Waals surface area contributed by atoms with Crippen molar-refractivity contribution >= 4 is 11.8 Å². The third-order valence-electron chi connectivity index (χ3n) is 13.4. The van der Waals surface area contributed by atoms with Crippen molar-refractivity contribution in [1.29, 1.82) is 0 Å². The molecule has 488 valence electrons. The third-order valence-corrected chi connectivity index (χ3v) is 13.4. The maximum atomic E-state index is 15.2. The lowest BCUT2D eigenvalue weighted by Crippen LogP contribution is -2.49. The van der Waals surface area contributed by atoms with E-state index >= 15 is 8.78 Å². The molecular formula is C64H46F20N2O6. The second-order valence-electron chi connectivity index (χ2n) is 21.2. The number of hydrogen-bond donors (Lipinski definition) is 3. The van der Waals surface area contributed by atoms with E-state index in [1.54, 1.807) is 45.0 Å². The highest BCUT2D eigenvalue weighted by atomic mass is 19.4. The second-order valence-corrected chi connectivity index (χ2v) is 21.2. The van der Waals surface area contributed by atoms with E-state index in [0.29, 0.717) is 53.6 Å². The van der Waals surface area contributed by atoms with Gasteiger partial charge in [-0.2, -0.15) is 61.5 Å². The first-order chi connectivity index (χ1) is 42.7. The summed E-state index contributed by atoms with van der Waals surface area (Å²) < 4.78 is 289. The van der Waals surface area contributed by atoms with E-state index in [-0.39, 0.29) is 29.0 Å². The molecule has 0 aliphatic rings. The van der Waals surface area contributed by atoms with Gasteiger partial charge in [0.25, 0.3) is 11.8 Å². The van der Waals surface area contributed by atoms with E-state index < -0.39 is 164 Å². The zero-order valence-corrected chi connectivity index (χ0v) is 47.3. The fourth-order valence-electron chi connectivity index (χ4n) is 9.32. The van der Waals surface area contributed by atoms with Crippen molar-refractivity contribution in [3.05, 3.63) is 260 Å². The Morgan fingerprint density at radius 3 is 1.15 bits per heavy atom. The fourth-order valence-corrected chi connectivity index (χ4v) is 9.32. The number of amides is 2. The zero-order chi connectivity index (χ0) is 68.1. The van der Waals surface area contributed by atoms with Crippen molar-refractivity contribution in [2.75, 3.05) is 0 Å². The Morgan fingerprint density at radius 2 is 0.793 bits per heavy atom. The van der Waals surface area contributed by atoms with Crippen LogP contribution in [0.3, 0.4) is 0 Å². The Bertz CT molecular complexity index is 3940. The number of hydrogen-bond acceptors (Lipinski definition) is 6. The molecule has 0 saturated heterocycles. The number of phenols is 1. The van der Waals surface area contributed by atoms with E-state index in [1.807, 2.05) is 0 Å². The van der Waals surface area contributed by atoms with E-state index in [9.17, 15) is 93.7 Å². The van der Waals surface area contributed by atoms with Gasteiger partial charge in [0.2, 0.25) is 0 Å². The van der Waals surface area contributed by atoms with Crippen LogP contribution in [0.1, 0.15) is 86.0 Å². The minimum Gasteiger partial charge on any atom is -0.505 e. The average molecular weight is 1320 g/mol. The number of halogens is 20. The Balaban J connectivity index is 0.000000262. The van der Waals surface area contributed by atoms with Crippen LogP contribution in [0.5, 0.6) is 23.0 Å². The molecule has 8 aromatic rings. The molecule has 0 aromatic heterocycles. The normalized spacial score (nSPS) is 13.5. The minimum absolute atomic E-state index is 0.101. The molecular weight excluding hydrogens is 1270 g/mol. The first kappa shape index (κ1) is 70.0. The number of alkyl halides is 14. The van der Waals surface area contributed by atoms with Crippen LogP contribution >= 0.6 is 0 Å². The standard InChI is InChI=1S/C34H27F10NO3.C30H19F10NO3/c1-31(2,3)48-28-16-21(10-12-27(28)37)32(18-19-7-5-4-6-8-19,22-14-23(35)17-24(15-22)47-34(43,44)30(38)39)45-29(46)20-9-11-26(36)25(13-20)33(40,41)42;31-20-11-19(12-21(14-20)44-30(39,40)27(34)35)28(15-16-4-2-1-3-5-16,18-7-9-24(33)25(42)13-18)41-26(43)17-6-8-23(32)22(10-17)29(36,37)38/h4-17,30H,18H2,1-3H3,(H,45,46);1-14,27,42H,15H2,(H,41,43)/t32-;28-/m11/s1. The van der Waals surface area contributed by atoms with Crippen LogP contribution < -0.4 is 24.8 Å². The molecule has 28 heteroatoms. The number of benzene rings is 8. The van der Waals surface area contributed by atoms with Crippen molar-refractivity contribution in [2.24, 2.45) is 0 Å². The number of aromatic hydroxyl groups is 1. The monoisotopic (exact) mass is 1320 g/mol. The van der Waals surface area contributed by atoms with Crippen LogP contribution in [-0.4, -0.2) is 47.6 Å². The van der Waals surface area contributed by atoms with Crippen molar-refractivity contribution < 1.29 is 117 Å². The predicted octanol–water partition coefficient (Wildman–Crippen LogP) is 17.4. The first-order valence-corrected chi connectivity index (χ1v) is 26.5. The maximum Gasteiger partial charge on any atom is 0.461 e. The summed E-state index contributed by atoms with van der Waals surface area (Å²) in [6, 6.07) is 27.3. The number of ether oxygens (including phenoxy) is 3. The topological polar surface area (TPSA) is 106 Å². The summed E-state index contributed by atoms with van der Waals surface area (Å²) in [5.41, 5.74) is -11.0. The minimum atomic E-state index is -5.21. The Labute approximate surface area is 509 Å². The number of carbonyl (C=O) groups is 2. The summed E-state index contributed by atoms with van der Waals surface area (Å²) >= 11 is 0. The Hall–Kier alpha value is -9.50. The van der Waals surface area contributed by atoms with Gasteiger partial charge in [-0.3, -0.25) is 9.59 Å². The summed E-state index contributed by atoms with van der Waals surface area (Å²) in [4.78, 5) is 27.4. The SMILES string of the molecule is CC(C)(C)Oc1cc([C@@](Cc2ccccc2)(NC(=O)c2ccc(F)c(C(F)(F)F)c2)c2cc(F)cc(OC(F)(F)C(F)F)c2)ccc1F.O=C(N[C@@](Cc1ccccc1)(c1cc(F)cc(OC(F)(F)C(F)F)c1)c1ccc(F)c(O)c1)c1ccc(F)c(C(F)(F)F)c1. The van der Waals surface area contributed by atoms with E-state index in [4.69, 9.17) is 4.74 Å². The summed E-state index contributed by atoms with van der Waals surface area (Å²) in [5.74, 6) is -14.3. The molecule has 8 nitrogen and oxygen atoms in total. The van der Waals surface area contributed by atoms with Gasteiger partial charge >= 0.3 is 37.4 Å². The van der Waals surface area contributed by atoms with Gasteiger partial charge in [0.15, 0.2) is 23.1 Å². The lowest BCUT2D eigenvalue weighted by molar-refractivity contribution is -0.253. The molecule has 2 atom stereocenters. The summed E-state index contributed by atoms with van der Waals surface area (Å²) in [6.45, 7) is 4.76. The smallest absolute Gasteiger partial charge is 0.461 e. The van der Waals surface area contributed by atoms with Gasteiger partial charge in [-0.15, -0.1) is 0 Å². The van der Waals surface area contributed by atoms with Crippen LogP contribution in [0.15, 0.2) is 170 Å². The molecule has 2 amide bonds. The summed E-state index contributed by atoms with van der Waals surface area (Å²) in [7, 11) is 0. The third kappa shape index (κ3) is 16.9. The number of rotatable bonds is 19. The predicted molar refractivity (Wildman–Crippen MR) is 290 cm³/mol. The molecule has 0 aliphatic heterocycles. The summed E-state index contributed by atoms with van der Waals surface area (Å²) in [6.07, 6.45) is -30.1. The molecule has 0 heterocycles. The average Bonchev–Trinajstić information content (AvgIpc) is 0.763. The van der Waals surface area contributed by atoms with Gasteiger partial charge in [-0.05, 0) is 139 Å². The molecule has 0 bridgehead atoms. The number of phenolic OH excluding ortho intramolecular Hbond substituents is 1. The van der Waals surface area contributed by atoms with Crippen molar-refractivity contribution in [1.82, 2.24) is 10.6 Å². The van der Waals surface area contributed by atoms with E-state index in [1.165, 1.54) is 36.4 Å². The lowest BCUT2D eigenvalue weighted by atomic mass is 9.77. The highest BCUT2D eigenvalue weighted by Gasteiger charge is 2.47. The van der Waals surface area contributed by atoms with E-state index in [2.05, 4.69) is 20.1 Å². The highest BCUT2D eigenvalue weighted by molar-refractivity contribution is 5.96. The maximum absolute atomic E-state index is 15.2.